The third kappa shape index (κ3) is 3.22. The van der Waals surface area contributed by atoms with Crippen LogP contribution in [-0.2, 0) is 4.79 Å². The minimum atomic E-state index is -0.215. The molecule has 108 valence electrons. The Labute approximate surface area is 127 Å². The molecule has 0 saturated carbocycles. The fourth-order valence-corrected chi connectivity index (χ4v) is 2.75. The molecule has 0 aromatic carbocycles. The standard InChI is InChI=1S/C13H15Cl2N3O2/c1-16-12(19)8-3-2-6-18(7-8)13(20)9-4-5-10(14)17-11(9)15/h4-5,8H,2-3,6-7H2,1H3,(H,16,19). The van der Waals surface area contributed by atoms with Crippen LogP contribution in [0.2, 0.25) is 10.3 Å². The SMILES string of the molecule is CNC(=O)C1CCCN(C(=O)c2ccc(Cl)nc2Cl)C1. The molecular formula is C13H15Cl2N3O2. The van der Waals surface area contributed by atoms with Crippen LogP contribution >= 0.6 is 23.2 Å². The fraction of sp³-hybridized carbons (Fsp3) is 0.462. The molecule has 1 saturated heterocycles. The Bertz CT molecular complexity index is 536. The van der Waals surface area contributed by atoms with Crippen molar-refractivity contribution >= 4 is 35.0 Å². The summed E-state index contributed by atoms with van der Waals surface area (Å²) in [5.74, 6) is -0.424. The second-order valence-corrected chi connectivity index (χ2v) is 5.42. The van der Waals surface area contributed by atoms with E-state index in [1.807, 2.05) is 0 Å². The summed E-state index contributed by atoms with van der Waals surface area (Å²) >= 11 is 11.7. The van der Waals surface area contributed by atoms with E-state index in [0.29, 0.717) is 18.7 Å². The molecule has 1 aliphatic rings. The molecule has 2 heterocycles. The van der Waals surface area contributed by atoms with Gasteiger partial charge in [0, 0.05) is 20.1 Å². The van der Waals surface area contributed by atoms with Crippen molar-refractivity contribution in [2.24, 2.45) is 5.92 Å². The molecule has 1 fully saturated rings. The van der Waals surface area contributed by atoms with Gasteiger partial charge >= 0.3 is 0 Å². The zero-order chi connectivity index (χ0) is 14.7. The third-order valence-corrected chi connectivity index (χ3v) is 3.87. The number of halogens is 2. The van der Waals surface area contributed by atoms with Gasteiger partial charge in [-0.05, 0) is 25.0 Å². The first-order valence-corrected chi connectivity index (χ1v) is 7.11. The highest BCUT2D eigenvalue weighted by atomic mass is 35.5. The minimum Gasteiger partial charge on any atom is -0.359 e. The number of nitrogens with one attached hydrogen (secondary N) is 1. The minimum absolute atomic E-state index is 0.0390. The normalized spacial score (nSPS) is 18.8. The zero-order valence-corrected chi connectivity index (χ0v) is 12.5. The summed E-state index contributed by atoms with van der Waals surface area (Å²) in [5.41, 5.74) is 0.314. The number of hydrogen-bond acceptors (Lipinski definition) is 3. The van der Waals surface area contributed by atoms with E-state index < -0.39 is 0 Å². The second kappa shape index (κ2) is 6.41. The van der Waals surface area contributed by atoms with Gasteiger partial charge in [0.1, 0.15) is 10.3 Å². The average Bonchev–Trinajstić information content (AvgIpc) is 2.46. The zero-order valence-electron chi connectivity index (χ0n) is 11.0. The number of pyridine rings is 1. The Balaban J connectivity index is 2.14. The molecule has 1 atom stereocenters. The Morgan fingerprint density at radius 3 is 2.80 bits per heavy atom. The molecule has 1 aliphatic heterocycles. The van der Waals surface area contributed by atoms with E-state index in [9.17, 15) is 9.59 Å². The van der Waals surface area contributed by atoms with Crippen LogP contribution in [0.1, 0.15) is 23.2 Å². The molecule has 1 aromatic rings. The second-order valence-electron chi connectivity index (χ2n) is 4.68. The van der Waals surface area contributed by atoms with Gasteiger partial charge in [-0.15, -0.1) is 0 Å². The van der Waals surface area contributed by atoms with Gasteiger partial charge in [0.25, 0.3) is 5.91 Å². The largest absolute Gasteiger partial charge is 0.359 e. The maximum Gasteiger partial charge on any atom is 0.257 e. The first kappa shape index (κ1) is 15.1. The summed E-state index contributed by atoms with van der Waals surface area (Å²) in [6.45, 7) is 1.02. The lowest BCUT2D eigenvalue weighted by Crippen LogP contribution is -2.44. The molecular weight excluding hydrogens is 301 g/mol. The first-order chi connectivity index (χ1) is 9.52. The number of rotatable bonds is 2. The van der Waals surface area contributed by atoms with E-state index in [-0.39, 0.29) is 28.0 Å². The Kier molecular flexibility index (Phi) is 4.83. The summed E-state index contributed by atoms with van der Waals surface area (Å²) in [7, 11) is 1.60. The molecule has 2 rings (SSSR count). The highest BCUT2D eigenvalue weighted by molar-refractivity contribution is 6.34. The van der Waals surface area contributed by atoms with E-state index in [4.69, 9.17) is 23.2 Å². The lowest BCUT2D eigenvalue weighted by Gasteiger charge is -2.32. The number of carbonyl (C=O) groups excluding carboxylic acids is 2. The van der Waals surface area contributed by atoms with Crippen LogP contribution in [0.3, 0.4) is 0 Å². The summed E-state index contributed by atoms with van der Waals surface area (Å²) in [6, 6.07) is 3.09. The average molecular weight is 316 g/mol. The molecule has 2 amide bonds. The summed E-state index contributed by atoms with van der Waals surface area (Å²) in [6.07, 6.45) is 1.58. The van der Waals surface area contributed by atoms with Gasteiger partial charge in [0.05, 0.1) is 11.5 Å². The van der Waals surface area contributed by atoms with Crippen LogP contribution in [0, 0.1) is 5.92 Å². The number of nitrogens with zero attached hydrogens (tertiary/aromatic N) is 2. The van der Waals surface area contributed by atoms with Crippen molar-refractivity contribution in [3.05, 3.63) is 28.0 Å². The van der Waals surface area contributed by atoms with Gasteiger partial charge in [-0.3, -0.25) is 9.59 Å². The van der Waals surface area contributed by atoms with Gasteiger partial charge in [-0.1, -0.05) is 23.2 Å². The van der Waals surface area contributed by atoms with Gasteiger partial charge < -0.3 is 10.2 Å². The molecule has 0 aliphatic carbocycles. The Hall–Kier alpha value is -1.33. The lowest BCUT2D eigenvalue weighted by atomic mass is 9.96. The summed E-state index contributed by atoms with van der Waals surface area (Å²) < 4.78 is 0. The topological polar surface area (TPSA) is 62.3 Å². The van der Waals surface area contributed by atoms with E-state index in [1.54, 1.807) is 18.0 Å². The van der Waals surface area contributed by atoms with Crippen molar-refractivity contribution in [2.75, 3.05) is 20.1 Å². The van der Waals surface area contributed by atoms with Crippen LogP contribution in [-0.4, -0.2) is 41.8 Å². The molecule has 20 heavy (non-hydrogen) atoms. The van der Waals surface area contributed by atoms with Crippen LogP contribution in [0.15, 0.2) is 12.1 Å². The lowest BCUT2D eigenvalue weighted by molar-refractivity contribution is -0.125. The van der Waals surface area contributed by atoms with Crippen molar-refractivity contribution in [3.63, 3.8) is 0 Å². The maximum atomic E-state index is 12.4. The molecule has 1 unspecified atom stereocenters. The van der Waals surface area contributed by atoms with E-state index in [0.717, 1.165) is 12.8 Å². The number of carbonyl (C=O) groups is 2. The number of hydrogen-bond donors (Lipinski definition) is 1. The fourth-order valence-electron chi connectivity index (χ4n) is 2.32. The smallest absolute Gasteiger partial charge is 0.257 e. The van der Waals surface area contributed by atoms with Crippen molar-refractivity contribution < 1.29 is 9.59 Å². The van der Waals surface area contributed by atoms with E-state index in [1.165, 1.54) is 6.07 Å². The molecule has 1 N–H and O–H groups in total. The van der Waals surface area contributed by atoms with E-state index in [2.05, 4.69) is 10.3 Å². The van der Waals surface area contributed by atoms with Crippen LogP contribution in [0.5, 0.6) is 0 Å². The summed E-state index contributed by atoms with van der Waals surface area (Å²) in [5, 5.41) is 2.95. The molecule has 5 nitrogen and oxygen atoms in total. The maximum absolute atomic E-state index is 12.4. The van der Waals surface area contributed by atoms with Gasteiger partial charge in [0.15, 0.2) is 0 Å². The van der Waals surface area contributed by atoms with Crippen LogP contribution in [0.4, 0.5) is 0 Å². The van der Waals surface area contributed by atoms with Crippen molar-refractivity contribution in [1.29, 1.82) is 0 Å². The molecule has 0 bridgehead atoms. The molecule has 1 aromatic heterocycles. The number of aromatic nitrogens is 1. The van der Waals surface area contributed by atoms with Gasteiger partial charge in [0.2, 0.25) is 5.91 Å². The number of piperidine rings is 1. The monoisotopic (exact) mass is 315 g/mol. The van der Waals surface area contributed by atoms with E-state index >= 15 is 0 Å². The number of amides is 2. The molecule has 0 spiro atoms. The highest BCUT2D eigenvalue weighted by Gasteiger charge is 2.29. The first-order valence-electron chi connectivity index (χ1n) is 6.36. The van der Waals surface area contributed by atoms with Crippen molar-refractivity contribution in [3.8, 4) is 0 Å². The molecule has 0 radical (unpaired) electrons. The van der Waals surface area contributed by atoms with Crippen molar-refractivity contribution in [1.82, 2.24) is 15.2 Å². The van der Waals surface area contributed by atoms with Crippen molar-refractivity contribution in [2.45, 2.75) is 12.8 Å². The van der Waals surface area contributed by atoms with Crippen LogP contribution in [0.25, 0.3) is 0 Å². The predicted molar refractivity (Wildman–Crippen MR) is 77.0 cm³/mol. The molecule has 7 heteroatoms. The quantitative estimate of drug-likeness (QED) is 0.849. The van der Waals surface area contributed by atoms with Gasteiger partial charge in [-0.25, -0.2) is 4.98 Å². The number of likely N-dealkylation sites (tertiary alicyclic amines) is 1. The summed E-state index contributed by atoms with van der Waals surface area (Å²) in [4.78, 5) is 29.6. The highest BCUT2D eigenvalue weighted by Crippen LogP contribution is 2.22. The van der Waals surface area contributed by atoms with Crippen LogP contribution < -0.4 is 5.32 Å². The predicted octanol–water partition coefficient (Wildman–Crippen LogP) is 1.99. The Morgan fingerprint density at radius 1 is 1.40 bits per heavy atom. The van der Waals surface area contributed by atoms with Gasteiger partial charge in [-0.2, -0.15) is 0 Å². The third-order valence-electron chi connectivity index (χ3n) is 3.37. The Morgan fingerprint density at radius 2 is 2.15 bits per heavy atom.